The third-order valence-corrected chi connectivity index (χ3v) is 2.78. The van der Waals surface area contributed by atoms with Crippen molar-refractivity contribution < 1.29 is 14.3 Å². The molecule has 0 radical (unpaired) electrons. The SMILES string of the molecule is COc1cccc(COc2ccc(CC=O)cc2)c1. The molecule has 0 atom stereocenters. The lowest BCUT2D eigenvalue weighted by atomic mass is 10.1. The molecule has 0 bridgehead atoms. The van der Waals surface area contributed by atoms with Gasteiger partial charge >= 0.3 is 0 Å². The lowest BCUT2D eigenvalue weighted by Gasteiger charge is -2.08. The number of hydrogen-bond donors (Lipinski definition) is 0. The van der Waals surface area contributed by atoms with E-state index in [0.29, 0.717) is 13.0 Å². The summed E-state index contributed by atoms with van der Waals surface area (Å²) in [5.41, 5.74) is 2.04. The number of aldehydes is 1. The van der Waals surface area contributed by atoms with E-state index in [-0.39, 0.29) is 0 Å². The van der Waals surface area contributed by atoms with Gasteiger partial charge in [0, 0.05) is 6.42 Å². The molecule has 0 aliphatic rings. The zero-order chi connectivity index (χ0) is 13.5. The number of rotatable bonds is 6. The van der Waals surface area contributed by atoms with Crippen LogP contribution < -0.4 is 9.47 Å². The fourth-order valence-corrected chi connectivity index (χ4v) is 1.75. The standard InChI is InChI=1S/C16H16O3/c1-18-16-4-2-3-14(11-16)12-19-15-7-5-13(6-8-15)9-10-17/h2-8,10-11H,9,12H2,1H3. The molecule has 0 unspecified atom stereocenters. The highest BCUT2D eigenvalue weighted by atomic mass is 16.5. The van der Waals surface area contributed by atoms with Gasteiger partial charge in [-0.05, 0) is 35.4 Å². The molecule has 2 aromatic rings. The van der Waals surface area contributed by atoms with Crippen LogP contribution in [0.5, 0.6) is 11.5 Å². The van der Waals surface area contributed by atoms with Crippen LogP contribution >= 0.6 is 0 Å². The van der Waals surface area contributed by atoms with E-state index in [2.05, 4.69) is 0 Å². The van der Waals surface area contributed by atoms with E-state index in [1.165, 1.54) is 0 Å². The molecule has 0 spiro atoms. The molecule has 0 saturated heterocycles. The lowest BCUT2D eigenvalue weighted by molar-refractivity contribution is -0.107. The Hall–Kier alpha value is -2.29. The van der Waals surface area contributed by atoms with E-state index in [0.717, 1.165) is 28.9 Å². The van der Waals surface area contributed by atoms with Crippen LogP contribution in [0.25, 0.3) is 0 Å². The normalized spacial score (nSPS) is 9.95. The second kappa shape index (κ2) is 6.59. The summed E-state index contributed by atoms with van der Waals surface area (Å²) < 4.78 is 10.8. The van der Waals surface area contributed by atoms with Gasteiger partial charge in [-0.25, -0.2) is 0 Å². The topological polar surface area (TPSA) is 35.5 Å². The second-order valence-corrected chi connectivity index (χ2v) is 4.15. The predicted molar refractivity (Wildman–Crippen MR) is 73.5 cm³/mol. The molecule has 0 heterocycles. The van der Waals surface area contributed by atoms with Crippen LogP contribution in [-0.2, 0) is 17.8 Å². The molecular formula is C16H16O3. The van der Waals surface area contributed by atoms with Crippen LogP contribution in [0.4, 0.5) is 0 Å². The lowest BCUT2D eigenvalue weighted by Crippen LogP contribution is -1.96. The number of methoxy groups -OCH3 is 1. The number of benzene rings is 2. The van der Waals surface area contributed by atoms with Gasteiger partial charge in [0.2, 0.25) is 0 Å². The highest BCUT2D eigenvalue weighted by Gasteiger charge is 1.99. The largest absolute Gasteiger partial charge is 0.497 e. The van der Waals surface area contributed by atoms with E-state index in [1.807, 2.05) is 48.5 Å². The quantitative estimate of drug-likeness (QED) is 0.745. The summed E-state index contributed by atoms with van der Waals surface area (Å²) in [5.74, 6) is 1.61. The van der Waals surface area contributed by atoms with Gasteiger partial charge in [-0.3, -0.25) is 0 Å². The van der Waals surface area contributed by atoms with Crippen LogP contribution in [0.1, 0.15) is 11.1 Å². The Labute approximate surface area is 112 Å². The Bertz CT molecular complexity index is 532. The molecule has 0 saturated carbocycles. The Morgan fingerprint density at radius 3 is 2.47 bits per heavy atom. The predicted octanol–water partition coefficient (Wildman–Crippen LogP) is 3.02. The fraction of sp³-hybridized carbons (Fsp3) is 0.188. The Morgan fingerprint density at radius 2 is 1.79 bits per heavy atom. The molecule has 0 aromatic heterocycles. The van der Waals surface area contributed by atoms with Crippen molar-refractivity contribution in [1.29, 1.82) is 0 Å². The highest BCUT2D eigenvalue weighted by molar-refractivity contribution is 5.55. The maximum absolute atomic E-state index is 10.4. The Balaban J connectivity index is 1.95. The van der Waals surface area contributed by atoms with Crippen LogP contribution in [0, 0.1) is 0 Å². The molecule has 0 amide bonds. The zero-order valence-corrected chi connectivity index (χ0v) is 10.8. The third kappa shape index (κ3) is 3.85. The number of carbonyl (C=O) groups is 1. The first kappa shape index (κ1) is 13.1. The van der Waals surface area contributed by atoms with Gasteiger partial charge in [0.1, 0.15) is 24.4 Å². The number of carbonyl (C=O) groups excluding carboxylic acids is 1. The summed E-state index contributed by atoms with van der Waals surface area (Å²) in [4.78, 5) is 10.4. The van der Waals surface area contributed by atoms with Crippen LogP contribution in [0.3, 0.4) is 0 Å². The molecule has 0 aliphatic heterocycles. The Morgan fingerprint density at radius 1 is 1.00 bits per heavy atom. The van der Waals surface area contributed by atoms with E-state index < -0.39 is 0 Å². The Kier molecular flexibility index (Phi) is 4.56. The molecule has 0 fully saturated rings. The van der Waals surface area contributed by atoms with Gasteiger partial charge in [0.25, 0.3) is 0 Å². The van der Waals surface area contributed by atoms with Crippen LogP contribution in [-0.4, -0.2) is 13.4 Å². The molecule has 0 N–H and O–H groups in total. The summed E-state index contributed by atoms with van der Waals surface area (Å²) in [6.45, 7) is 0.490. The molecule has 0 aliphatic carbocycles. The van der Waals surface area contributed by atoms with Gasteiger partial charge in [-0.1, -0.05) is 24.3 Å². The number of ether oxygens (including phenoxy) is 2. The fourth-order valence-electron chi connectivity index (χ4n) is 1.75. The van der Waals surface area contributed by atoms with Crippen molar-refractivity contribution >= 4 is 6.29 Å². The van der Waals surface area contributed by atoms with Crippen molar-refractivity contribution in [3.05, 3.63) is 59.7 Å². The van der Waals surface area contributed by atoms with E-state index in [1.54, 1.807) is 7.11 Å². The van der Waals surface area contributed by atoms with E-state index in [4.69, 9.17) is 9.47 Å². The minimum Gasteiger partial charge on any atom is -0.497 e. The molecule has 2 rings (SSSR count). The monoisotopic (exact) mass is 256 g/mol. The van der Waals surface area contributed by atoms with Gasteiger partial charge in [0.05, 0.1) is 7.11 Å². The van der Waals surface area contributed by atoms with Crippen molar-refractivity contribution in [1.82, 2.24) is 0 Å². The second-order valence-electron chi connectivity index (χ2n) is 4.15. The van der Waals surface area contributed by atoms with Crippen molar-refractivity contribution in [2.75, 3.05) is 7.11 Å². The molecule has 3 heteroatoms. The summed E-state index contributed by atoms with van der Waals surface area (Å²) in [5, 5.41) is 0. The average Bonchev–Trinajstić information content (AvgIpc) is 2.47. The average molecular weight is 256 g/mol. The van der Waals surface area contributed by atoms with Gasteiger partial charge in [-0.15, -0.1) is 0 Å². The third-order valence-electron chi connectivity index (χ3n) is 2.78. The summed E-state index contributed by atoms with van der Waals surface area (Å²) in [7, 11) is 1.64. The van der Waals surface area contributed by atoms with E-state index >= 15 is 0 Å². The molecule has 2 aromatic carbocycles. The minimum atomic E-state index is 0.441. The summed E-state index contributed by atoms with van der Waals surface area (Å²) in [6.07, 6.45) is 1.34. The van der Waals surface area contributed by atoms with E-state index in [9.17, 15) is 4.79 Å². The van der Waals surface area contributed by atoms with Gasteiger partial charge in [0.15, 0.2) is 0 Å². The van der Waals surface area contributed by atoms with Crippen molar-refractivity contribution in [2.45, 2.75) is 13.0 Å². The van der Waals surface area contributed by atoms with Gasteiger partial charge < -0.3 is 14.3 Å². The molecule has 98 valence electrons. The first-order valence-corrected chi connectivity index (χ1v) is 6.10. The maximum Gasteiger partial charge on any atom is 0.124 e. The van der Waals surface area contributed by atoms with Crippen molar-refractivity contribution in [3.63, 3.8) is 0 Å². The molecular weight excluding hydrogens is 240 g/mol. The first-order valence-electron chi connectivity index (χ1n) is 6.10. The maximum atomic E-state index is 10.4. The summed E-state index contributed by atoms with van der Waals surface area (Å²) in [6, 6.07) is 15.3. The first-order chi connectivity index (χ1) is 9.31. The van der Waals surface area contributed by atoms with Crippen molar-refractivity contribution in [2.24, 2.45) is 0 Å². The van der Waals surface area contributed by atoms with Crippen LogP contribution in [0.15, 0.2) is 48.5 Å². The smallest absolute Gasteiger partial charge is 0.124 e. The van der Waals surface area contributed by atoms with Gasteiger partial charge in [-0.2, -0.15) is 0 Å². The number of hydrogen-bond acceptors (Lipinski definition) is 3. The molecule has 19 heavy (non-hydrogen) atoms. The zero-order valence-electron chi connectivity index (χ0n) is 10.8. The van der Waals surface area contributed by atoms with Crippen LogP contribution in [0.2, 0.25) is 0 Å². The highest BCUT2D eigenvalue weighted by Crippen LogP contribution is 2.17. The molecule has 3 nitrogen and oxygen atoms in total. The van der Waals surface area contributed by atoms with Crippen molar-refractivity contribution in [3.8, 4) is 11.5 Å². The summed E-state index contributed by atoms with van der Waals surface area (Å²) >= 11 is 0. The minimum absolute atomic E-state index is 0.441.